The first-order valence-corrected chi connectivity index (χ1v) is 7.03. The lowest BCUT2D eigenvalue weighted by molar-refractivity contribution is -0.710. The number of hydrogen-bond donors (Lipinski definition) is 3. The molecule has 3 amide bonds. The van der Waals surface area contributed by atoms with Gasteiger partial charge in [-0.1, -0.05) is 23.2 Å². The molecule has 0 aliphatic heterocycles. The van der Waals surface area contributed by atoms with Gasteiger partial charge in [0, 0.05) is 12.6 Å². The van der Waals surface area contributed by atoms with Crippen molar-refractivity contribution >= 4 is 35.1 Å². The number of halogens is 3. The summed E-state index contributed by atoms with van der Waals surface area (Å²) in [5.41, 5.74) is 0.526. The smallest absolute Gasteiger partial charge is 0.321 e. The highest BCUT2D eigenvalue weighted by atomic mass is 35.5. The number of carbonyl (C=O) groups excluding carboxylic acids is 2. The van der Waals surface area contributed by atoms with Gasteiger partial charge in [0.25, 0.3) is 5.91 Å². The molecule has 0 fully saturated rings. The van der Waals surface area contributed by atoms with Crippen molar-refractivity contribution in [1.29, 1.82) is 0 Å². The third-order valence-corrected chi connectivity index (χ3v) is 3.60. The van der Waals surface area contributed by atoms with Gasteiger partial charge in [0.15, 0.2) is 6.04 Å². The van der Waals surface area contributed by atoms with Gasteiger partial charge in [0.05, 0.1) is 10.0 Å². The fourth-order valence-corrected chi connectivity index (χ4v) is 2.35. The second-order valence-electron chi connectivity index (χ2n) is 4.63. The number of imide groups is 1. The molecule has 0 heterocycles. The van der Waals surface area contributed by atoms with Gasteiger partial charge in [-0.2, -0.15) is 0 Å². The number of carbonyl (C=O) groups is 2. The first-order valence-electron chi connectivity index (χ1n) is 6.28. The lowest BCUT2D eigenvalue weighted by Crippen LogP contribution is -2.92. The maximum atomic E-state index is 13.5. The zero-order valence-corrected chi connectivity index (χ0v) is 13.3. The largest absolute Gasteiger partial charge is 0.341 e. The van der Waals surface area contributed by atoms with Gasteiger partial charge in [0.1, 0.15) is 11.9 Å². The highest BCUT2D eigenvalue weighted by molar-refractivity contribution is 6.35. The summed E-state index contributed by atoms with van der Waals surface area (Å²) in [5.74, 6) is -1.02. The van der Waals surface area contributed by atoms with Crippen LogP contribution in [-0.2, 0) is 4.79 Å². The summed E-state index contributed by atoms with van der Waals surface area (Å²) in [6, 6.07) is 1.16. The number of urea groups is 1. The number of nitrogens with two attached hydrogens (primary N) is 1. The number of amides is 3. The molecular formula is C13H17Cl2FN3O2+. The molecule has 0 bridgehead atoms. The number of quaternary nitrogens is 1. The Morgan fingerprint density at radius 3 is 2.43 bits per heavy atom. The van der Waals surface area contributed by atoms with Gasteiger partial charge in [-0.15, -0.1) is 0 Å². The number of hydrogen-bond acceptors (Lipinski definition) is 2. The minimum absolute atomic E-state index is 0.0543. The monoisotopic (exact) mass is 336 g/mol. The molecule has 21 heavy (non-hydrogen) atoms. The second kappa shape index (κ2) is 7.59. The predicted octanol–water partition coefficient (Wildman–Crippen LogP) is 1.60. The van der Waals surface area contributed by atoms with E-state index in [0.29, 0.717) is 10.6 Å². The maximum absolute atomic E-state index is 13.5. The molecule has 0 aliphatic carbocycles. The summed E-state index contributed by atoms with van der Waals surface area (Å²) in [6.07, 6.45) is 0. The van der Waals surface area contributed by atoms with Crippen molar-refractivity contribution in [2.75, 3.05) is 7.05 Å². The van der Waals surface area contributed by atoms with Crippen LogP contribution < -0.4 is 16.0 Å². The lowest BCUT2D eigenvalue weighted by atomic mass is 10.1. The fraction of sp³-hybridized carbons (Fsp3) is 0.385. The Balaban J connectivity index is 2.77. The van der Waals surface area contributed by atoms with Crippen LogP contribution in [0.25, 0.3) is 0 Å². The molecule has 0 saturated carbocycles. The summed E-state index contributed by atoms with van der Waals surface area (Å²) in [7, 11) is 1.41. The molecule has 2 atom stereocenters. The van der Waals surface area contributed by atoms with Crippen molar-refractivity contribution in [3.8, 4) is 0 Å². The third-order valence-electron chi connectivity index (χ3n) is 2.98. The molecule has 0 unspecified atom stereocenters. The topological polar surface area (TPSA) is 74.8 Å². The Labute approximate surface area is 132 Å². The van der Waals surface area contributed by atoms with Crippen molar-refractivity contribution in [1.82, 2.24) is 10.6 Å². The fourth-order valence-electron chi connectivity index (χ4n) is 1.80. The Bertz CT molecular complexity index is 554. The standard InChI is InChI=1S/C13H16Cl2FN3O2/c1-6(8-4-11(16)10(15)5-9(8)14)18-7(2)12(20)19-13(21)17-3/h4-7,18H,1-3H3,(H2,17,19,20,21)/p+1/t6-,7-/m0/s1. The van der Waals surface area contributed by atoms with Crippen LogP contribution in [0.5, 0.6) is 0 Å². The van der Waals surface area contributed by atoms with Crippen LogP contribution in [-0.4, -0.2) is 25.0 Å². The summed E-state index contributed by atoms with van der Waals surface area (Å²) >= 11 is 11.7. The highest BCUT2D eigenvalue weighted by Gasteiger charge is 2.23. The van der Waals surface area contributed by atoms with E-state index in [1.807, 2.05) is 0 Å². The minimum Gasteiger partial charge on any atom is -0.341 e. The van der Waals surface area contributed by atoms with E-state index in [2.05, 4.69) is 10.6 Å². The number of rotatable bonds is 4. The summed E-state index contributed by atoms with van der Waals surface area (Å²) in [6.45, 7) is 3.41. The average Bonchev–Trinajstić information content (AvgIpc) is 2.42. The van der Waals surface area contributed by atoms with E-state index in [1.54, 1.807) is 19.2 Å². The molecule has 0 aromatic heterocycles. The number of nitrogens with one attached hydrogen (secondary N) is 2. The van der Waals surface area contributed by atoms with Crippen molar-refractivity contribution < 1.29 is 19.3 Å². The van der Waals surface area contributed by atoms with Crippen molar-refractivity contribution in [3.63, 3.8) is 0 Å². The molecule has 0 spiro atoms. The van der Waals surface area contributed by atoms with Crippen LogP contribution in [0, 0.1) is 5.82 Å². The maximum Gasteiger partial charge on any atom is 0.321 e. The molecule has 1 rings (SSSR count). The van der Waals surface area contributed by atoms with Crippen LogP contribution in [0.15, 0.2) is 12.1 Å². The zero-order valence-electron chi connectivity index (χ0n) is 11.8. The van der Waals surface area contributed by atoms with Gasteiger partial charge in [-0.05, 0) is 26.0 Å². The summed E-state index contributed by atoms with van der Waals surface area (Å²) in [5, 5.41) is 6.40. The molecule has 1 aromatic rings. The Hall–Kier alpha value is -1.37. The summed E-state index contributed by atoms with van der Waals surface area (Å²) < 4.78 is 13.5. The lowest BCUT2D eigenvalue weighted by Gasteiger charge is -2.17. The van der Waals surface area contributed by atoms with Gasteiger partial charge < -0.3 is 10.6 Å². The quantitative estimate of drug-likeness (QED) is 0.730. The van der Waals surface area contributed by atoms with Crippen molar-refractivity contribution in [2.45, 2.75) is 25.9 Å². The van der Waals surface area contributed by atoms with Gasteiger partial charge in [-0.25, -0.2) is 9.18 Å². The molecule has 0 aliphatic rings. The van der Waals surface area contributed by atoms with Gasteiger partial charge >= 0.3 is 6.03 Å². The van der Waals surface area contributed by atoms with E-state index in [9.17, 15) is 14.0 Å². The first kappa shape index (κ1) is 17.7. The van der Waals surface area contributed by atoms with Crippen LogP contribution in [0.3, 0.4) is 0 Å². The normalized spacial score (nSPS) is 13.4. The van der Waals surface area contributed by atoms with E-state index in [-0.39, 0.29) is 11.1 Å². The van der Waals surface area contributed by atoms with Gasteiger partial charge in [0.2, 0.25) is 0 Å². The van der Waals surface area contributed by atoms with E-state index in [0.717, 1.165) is 0 Å². The van der Waals surface area contributed by atoms with Gasteiger partial charge in [-0.3, -0.25) is 10.1 Å². The molecule has 0 radical (unpaired) electrons. The van der Waals surface area contributed by atoms with Crippen molar-refractivity contribution in [2.24, 2.45) is 0 Å². The molecular weight excluding hydrogens is 320 g/mol. The Morgan fingerprint density at radius 1 is 1.24 bits per heavy atom. The Morgan fingerprint density at radius 2 is 1.86 bits per heavy atom. The zero-order chi connectivity index (χ0) is 16.2. The molecule has 0 saturated heterocycles. The van der Waals surface area contributed by atoms with Crippen molar-refractivity contribution in [3.05, 3.63) is 33.6 Å². The van der Waals surface area contributed by atoms with E-state index < -0.39 is 23.8 Å². The van der Waals surface area contributed by atoms with E-state index >= 15 is 0 Å². The summed E-state index contributed by atoms with van der Waals surface area (Å²) in [4.78, 5) is 22.8. The van der Waals surface area contributed by atoms with Crippen LogP contribution in [0.2, 0.25) is 10.0 Å². The molecule has 8 heteroatoms. The molecule has 5 nitrogen and oxygen atoms in total. The average molecular weight is 337 g/mol. The molecule has 1 aromatic carbocycles. The Kier molecular flexibility index (Phi) is 6.39. The highest BCUT2D eigenvalue weighted by Crippen LogP contribution is 2.27. The molecule has 116 valence electrons. The second-order valence-corrected chi connectivity index (χ2v) is 5.44. The first-order chi connectivity index (χ1) is 9.76. The third kappa shape index (κ3) is 4.84. The predicted molar refractivity (Wildman–Crippen MR) is 78.8 cm³/mol. The van der Waals surface area contributed by atoms with Crippen LogP contribution in [0.1, 0.15) is 25.5 Å². The minimum atomic E-state index is -0.580. The number of benzene rings is 1. The van der Waals surface area contributed by atoms with Crippen LogP contribution in [0.4, 0.5) is 9.18 Å². The molecule has 4 N–H and O–H groups in total. The van der Waals surface area contributed by atoms with E-state index in [4.69, 9.17) is 23.2 Å². The SMILES string of the molecule is CNC(=O)NC(=O)[C@H](C)[NH2+][C@@H](C)c1cc(F)c(Cl)cc1Cl. The van der Waals surface area contributed by atoms with Crippen LogP contribution >= 0.6 is 23.2 Å². The van der Waals surface area contributed by atoms with E-state index in [1.165, 1.54) is 19.2 Å².